The molecule has 2 atom stereocenters. The minimum Gasteiger partial charge on any atom is -0.368 e. The normalized spacial score (nSPS) is 18.1. The monoisotopic (exact) mass is 509 g/mol. The number of amides is 2. The number of primary amides is 1. The van der Waals surface area contributed by atoms with Gasteiger partial charge in [-0.1, -0.05) is 51.3 Å². The number of hydrogen-bond donors (Lipinski definition) is 2. The summed E-state index contributed by atoms with van der Waals surface area (Å²) in [6.45, 7) is 6.61. The van der Waals surface area contributed by atoms with Crippen molar-refractivity contribution in [3.05, 3.63) is 54.2 Å². The van der Waals surface area contributed by atoms with Crippen LogP contribution in [0.15, 0.2) is 48.7 Å². The number of likely N-dealkylation sites (N-methyl/N-ethyl adjacent to an activating group) is 1. The van der Waals surface area contributed by atoms with Gasteiger partial charge in [-0.15, -0.1) is 0 Å². The molecule has 4 rings (SSSR count). The first kappa shape index (κ1) is 30.3. The van der Waals surface area contributed by atoms with E-state index >= 15 is 0 Å². The van der Waals surface area contributed by atoms with E-state index in [2.05, 4.69) is 44.4 Å². The molecule has 2 amide bonds. The van der Waals surface area contributed by atoms with Crippen LogP contribution in [0.2, 0.25) is 0 Å². The molecule has 0 radical (unpaired) electrons. The number of benzene rings is 1. The standard InChI is InChI=1S/C24H31N3O.C4H10N2O.C2H6/c1-26(23-14-5-6-15-25-23)21-12-7-11-20(18-21)22-13-8-16-27(22)24(28)17-19-9-3-2-4-10-19;1-3(6-2)4(5)7;1-2/h5-7,11-12,14-15,18-19,22H,2-4,8-10,13,16-17H2,1H3;3,6H,1-2H3,(H2,5,7);1-2H3/t22-;;/m0../s1. The van der Waals surface area contributed by atoms with Gasteiger partial charge in [0.05, 0.1) is 12.1 Å². The van der Waals surface area contributed by atoms with Crippen molar-refractivity contribution in [3.8, 4) is 0 Å². The zero-order valence-electron chi connectivity index (χ0n) is 23.5. The zero-order chi connectivity index (χ0) is 27.2. The van der Waals surface area contributed by atoms with Crippen molar-refractivity contribution in [2.24, 2.45) is 11.7 Å². The first-order chi connectivity index (χ1) is 17.9. The van der Waals surface area contributed by atoms with Crippen LogP contribution in [-0.4, -0.2) is 48.4 Å². The lowest BCUT2D eigenvalue weighted by Crippen LogP contribution is -2.36. The fourth-order valence-corrected chi connectivity index (χ4v) is 4.93. The van der Waals surface area contributed by atoms with Crippen LogP contribution in [0.4, 0.5) is 11.5 Å². The number of nitrogens with zero attached hydrogens (tertiary/aromatic N) is 3. The van der Waals surface area contributed by atoms with Crippen LogP contribution in [0.5, 0.6) is 0 Å². The van der Waals surface area contributed by atoms with Gasteiger partial charge in [0.2, 0.25) is 11.8 Å². The van der Waals surface area contributed by atoms with Crippen LogP contribution >= 0.6 is 0 Å². The molecule has 2 aromatic rings. The van der Waals surface area contributed by atoms with Gasteiger partial charge in [-0.05, 0) is 75.4 Å². The van der Waals surface area contributed by atoms with Gasteiger partial charge in [-0.2, -0.15) is 0 Å². The Labute approximate surface area is 223 Å². The Hall–Kier alpha value is -2.93. The summed E-state index contributed by atoms with van der Waals surface area (Å²) in [6, 6.07) is 14.6. The third kappa shape index (κ3) is 9.15. The fourth-order valence-electron chi connectivity index (χ4n) is 4.93. The molecule has 1 unspecified atom stereocenters. The molecule has 1 aromatic carbocycles. The third-order valence-electron chi connectivity index (χ3n) is 7.26. The minimum atomic E-state index is -0.317. The number of carbonyl (C=O) groups excluding carboxylic acids is 2. The second-order valence-electron chi connectivity index (χ2n) is 9.71. The summed E-state index contributed by atoms with van der Waals surface area (Å²) in [5, 5.41) is 2.69. The summed E-state index contributed by atoms with van der Waals surface area (Å²) in [6.07, 6.45) is 11.1. The minimum absolute atomic E-state index is 0.208. The van der Waals surface area contributed by atoms with E-state index in [0.717, 1.165) is 37.3 Å². The number of nitrogens with one attached hydrogen (secondary N) is 1. The number of carbonyl (C=O) groups is 2. The van der Waals surface area contributed by atoms with E-state index in [9.17, 15) is 9.59 Å². The average molecular weight is 510 g/mol. The van der Waals surface area contributed by atoms with E-state index in [1.807, 2.05) is 45.3 Å². The van der Waals surface area contributed by atoms with Crippen molar-refractivity contribution < 1.29 is 9.59 Å². The van der Waals surface area contributed by atoms with Gasteiger partial charge in [0.1, 0.15) is 5.82 Å². The van der Waals surface area contributed by atoms with Gasteiger partial charge in [-0.3, -0.25) is 9.59 Å². The van der Waals surface area contributed by atoms with Crippen molar-refractivity contribution in [1.82, 2.24) is 15.2 Å². The maximum Gasteiger partial charge on any atom is 0.234 e. The third-order valence-corrected chi connectivity index (χ3v) is 7.26. The van der Waals surface area contributed by atoms with Gasteiger partial charge < -0.3 is 20.9 Å². The molecule has 1 aliphatic heterocycles. The van der Waals surface area contributed by atoms with E-state index in [4.69, 9.17) is 5.73 Å². The predicted molar refractivity (Wildman–Crippen MR) is 153 cm³/mol. The maximum absolute atomic E-state index is 13.0. The van der Waals surface area contributed by atoms with Crippen LogP contribution in [0.25, 0.3) is 0 Å². The number of pyridine rings is 1. The molecule has 2 aliphatic rings. The van der Waals surface area contributed by atoms with E-state index < -0.39 is 0 Å². The molecule has 2 fully saturated rings. The largest absolute Gasteiger partial charge is 0.368 e. The molecule has 7 heteroatoms. The van der Waals surface area contributed by atoms with E-state index in [0.29, 0.717) is 11.8 Å². The molecular formula is C30H47N5O2. The highest BCUT2D eigenvalue weighted by Gasteiger charge is 2.31. The Kier molecular flexibility index (Phi) is 13.1. The van der Waals surface area contributed by atoms with Crippen molar-refractivity contribution in [2.75, 3.05) is 25.5 Å². The Balaban J connectivity index is 0.000000465. The fraction of sp³-hybridized carbons (Fsp3) is 0.567. The lowest BCUT2D eigenvalue weighted by molar-refractivity contribution is -0.133. The summed E-state index contributed by atoms with van der Waals surface area (Å²) < 4.78 is 0. The van der Waals surface area contributed by atoms with E-state index in [1.54, 1.807) is 14.0 Å². The maximum atomic E-state index is 13.0. The van der Waals surface area contributed by atoms with E-state index in [-0.39, 0.29) is 18.0 Å². The summed E-state index contributed by atoms with van der Waals surface area (Å²) in [7, 11) is 3.73. The summed E-state index contributed by atoms with van der Waals surface area (Å²) in [5.41, 5.74) is 7.20. The topological polar surface area (TPSA) is 91.6 Å². The van der Waals surface area contributed by atoms with Gasteiger partial charge in [0, 0.05) is 31.9 Å². The Morgan fingerprint density at radius 1 is 1.08 bits per heavy atom. The van der Waals surface area contributed by atoms with Crippen LogP contribution in [0, 0.1) is 5.92 Å². The first-order valence-corrected chi connectivity index (χ1v) is 13.9. The molecule has 37 heavy (non-hydrogen) atoms. The number of rotatable bonds is 7. The van der Waals surface area contributed by atoms with Crippen molar-refractivity contribution >= 4 is 23.3 Å². The predicted octanol–water partition coefficient (Wildman–Crippen LogP) is 5.59. The van der Waals surface area contributed by atoms with Crippen LogP contribution in [0.3, 0.4) is 0 Å². The molecule has 1 aromatic heterocycles. The Morgan fingerprint density at radius 2 is 1.81 bits per heavy atom. The molecule has 3 N–H and O–H groups in total. The number of hydrogen-bond acceptors (Lipinski definition) is 5. The molecule has 7 nitrogen and oxygen atoms in total. The number of aromatic nitrogens is 1. The van der Waals surface area contributed by atoms with Gasteiger partial charge in [0.15, 0.2) is 0 Å². The van der Waals surface area contributed by atoms with Crippen molar-refractivity contribution in [1.29, 1.82) is 0 Å². The molecule has 0 bridgehead atoms. The number of likely N-dealkylation sites (tertiary alicyclic amines) is 1. The van der Waals surface area contributed by atoms with Crippen molar-refractivity contribution in [3.63, 3.8) is 0 Å². The molecule has 1 aliphatic carbocycles. The van der Waals surface area contributed by atoms with Crippen molar-refractivity contribution in [2.45, 2.75) is 84.2 Å². The summed E-state index contributed by atoms with van der Waals surface area (Å²) in [4.78, 5) is 31.8. The quantitative estimate of drug-likeness (QED) is 0.508. The molecule has 2 heterocycles. The highest BCUT2D eigenvalue weighted by atomic mass is 16.2. The molecule has 1 saturated carbocycles. The molecular weight excluding hydrogens is 462 g/mol. The summed E-state index contributed by atoms with van der Waals surface area (Å²) >= 11 is 0. The van der Waals surface area contributed by atoms with Crippen LogP contribution < -0.4 is 16.0 Å². The highest BCUT2D eigenvalue weighted by Crippen LogP contribution is 2.36. The molecule has 1 saturated heterocycles. The average Bonchev–Trinajstić information content (AvgIpc) is 3.45. The lowest BCUT2D eigenvalue weighted by Gasteiger charge is -2.29. The number of nitrogens with two attached hydrogens (primary N) is 1. The lowest BCUT2D eigenvalue weighted by atomic mass is 9.86. The van der Waals surface area contributed by atoms with Crippen LogP contribution in [0.1, 0.15) is 83.7 Å². The zero-order valence-corrected chi connectivity index (χ0v) is 23.5. The summed E-state index contributed by atoms with van der Waals surface area (Å²) in [5.74, 6) is 1.57. The SMILES string of the molecule is CC.CN(c1cccc([C@@H]2CCCN2C(=O)CC2CCCCC2)c1)c1ccccn1.CNC(C)C(N)=O. The highest BCUT2D eigenvalue weighted by molar-refractivity contribution is 5.79. The van der Waals surface area contributed by atoms with Gasteiger partial charge in [-0.25, -0.2) is 4.98 Å². The Bertz CT molecular complexity index is 946. The van der Waals surface area contributed by atoms with Crippen LogP contribution in [-0.2, 0) is 9.59 Å². The van der Waals surface area contributed by atoms with E-state index in [1.165, 1.54) is 37.7 Å². The molecule has 204 valence electrons. The smallest absolute Gasteiger partial charge is 0.234 e. The first-order valence-electron chi connectivity index (χ1n) is 13.9. The second kappa shape index (κ2) is 16.0. The second-order valence-corrected chi connectivity index (χ2v) is 9.71. The van der Waals surface area contributed by atoms with Gasteiger partial charge >= 0.3 is 0 Å². The van der Waals surface area contributed by atoms with Gasteiger partial charge in [0.25, 0.3) is 0 Å². The number of anilines is 2. The molecule has 0 spiro atoms. The Morgan fingerprint density at radius 3 is 2.41 bits per heavy atom.